The molecule has 2 amide bonds. The summed E-state index contributed by atoms with van der Waals surface area (Å²) in [4.78, 5) is 26.8. The van der Waals surface area contributed by atoms with Crippen molar-refractivity contribution in [2.75, 3.05) is 29.9 Å². The first kappa shape index (κ1) is 17.7. The number of benzene rings is 1. The zero-order valence-corrected chi connectivity index (χ0v) is 14.5. The highest BCUT2D eigenvalue weighted by molar-refractivity contribution is 5.97. The van der Waals surface area contributed by atoms with Crippen molar-refractivity contribution in [3.63, 3.8) is 0 Å². The SMILES string of the molecule is CC(NC(=O)C1CC(O)CN1)C(=O)Nc1cccc(N2CCCC2)c1. The molecule has 0 spiro atoms. The molecule has 0 aromatic heterocycles. The van der Waals surface area contributed by atoms with Gasteiger partial charge in [0.2, 0.25) is 11.8 Å². The van der Waals surface area contributed by atoms with Crippen LogP contribution in [0.4, 0.5) is 11.4 Å². The molecular formula is C18H26N4O3. The summed E-state index contributed by atoms with van der Waals surface area (Å²) in [6, 6.07) is 6.69. The average molecular weight is 346 g/mol. The van der Waals surface area contributed by atoms with Gasteiger partial charge in [0, 0.05) is 31.0 Å². The summed E-state index contributed by atoms with van der Waals surface area (Å²) in [6.45, 7) is 4.15. The van der Waals surface area contributed by atoms with E-state index in [1.54, 1.807) is 6.92 Å². The van der Waals surface area contributed by atoms with Crippen molar-refractivity contribution in [2.24, 2.45) is 0 Å². The number of hydrogen-bond acceptors (Lipinski definition) is 5. The molecule has 2 fully saturated rings. The molecule has 0 bridgehead atoms. The first-order valence-corrected chi connectivity index (χ1v) is 8.90. The lowest BCUT2D eigenvalue weighted by molar-refractivity contribution is -0.127. The fraction of sp³-hybridized carbons (Fsp3) is 0.556. The molecule has 4 N–H and O–H groups in total. The Bertz CT molecular complexity index is 631. The van der Waals surface area contributed by atoms with E-state index in [4.69, 9.17) is 0 Å². The molecule has 2 aliphatic heterocycles. The molecule has 2 aliphatic rings. The number of carbonyl (C=O) groups excluding carboxylic acids is 2. The second-order valence-electron chi connectivity index (χ2n) is 6.81. The molecule has 3 unspecified atom stereocenters. The molecule has 2 heterocycles. The van der Waals surface area contributed by atoms with Gasteiger partial charge in [0.25, 0.3) is 0 Å². The van der Waals surface area contributed by atoms with E-state index < -0.39 is 18.2 Å². The van der Waals surface area contributed by atoms with E-state index in [-0.39, 0.29) is 11.8 Å². The smallest absolute Gasteiger partial charge is 0.246 e. The molecule has 7 nitrogen and oxygen atoms in total. The van der Waals surface area contributed by atoms with Gasteiger partial charge in [-0.05, 0) is 44.4 Å². The molecule has 7 heteroatoms. The van der Waals surface area contributed by atoms with E-state index >= 15 is 0 Å². The van der Waals surface area contributed by atoms with Crippen LogP contribution in [0.15, 0.2) is 24.3 Å². The van der Waals surface area contributed by atoms with Crippen molar-refractivity contribution in [3.05, 3.63) is 24.3 Å². The Morgan fingerprint density at radius 2 is 2.08 bits per heavy atom. The number of hydrogen-bond donors (Lipinski definition) is 4. The maximum Gasteiger partial charge on any atom is 0.246 e. The van der Waals surface area contributed by atoms with Gasteiger partial charge >= 0.3 is 0 Å². The van der Waals surface area contributed by atoms with E-state index in [0.717, 1.165) is 24.5 Å². The van der Waals surface area contributed by atoms with Gasteiger partial charge in [0.15, 0.2) is 0 Å². The number of aliphatic hydroxyl groups is 1. The van der Waals surface area contributed by atoms with Crippen LogP contribution in [0.3, 0.4) is 0 Å². The fourth-order valence-electron chi connectivity index (χ4n) is 3.30. The van der Waals surface area contributed by atoms with Crippen LogP contribution in [0, 0.1) is 0 Å². The molecule has 3 atom stereocenters. The van der Waals surface area contributed by atoms with Crippen molar-refractivity contribution in [3.8, 4) is 0 Å². The summed E-state index contributed by atoms with van der Waals surface area (Å²) in [5.41, 5.74) is 1.83. The number of aliphatic hydroxyl groups excluding tert-OH is 1. The second-order valence-corrected chi connectivity index (χ2v) is 6.81. The molecule has 3 rings (SSSR count). The van der Waals surface area contributed by atoms with E-state index in [1.165, 1.54) is 12.8 Å². The maximum absolute atomic E-state index is 12.4. The third-order valence-electron chi connectivity index (χ3n) is 4.76. The minimum absolute atomic E-state index is 0.259. The Hall–Kier alpha value is -2.12. The summed E-state index contributed by atoms with van der Waals surface area (Å²) in [7, 11) is 0. The summed E-state index contributed by atoms with van der Waals surface area (Å²) in [5, 5.41) is 18.0. The van der Waals surface area contributed by atoms with Gasteiger partial charge in [-0.1, -0.05) is 6.07 Å². The Labute approximate surface area is 147 Å². The van der Waals surface area contributed by atoms with Crippen LogP contribution in [0.25, 0.3) is 0 Å². The number of β-amino-alcohol motifs (C(OH)–C–C–N with tert-alkyl or cyclic N) is 1. The predicted molar refractivity (Wildman–Crippen MR) is 96.5 cm³/mol. The van der Waals surface area contributed by atoms with Crippen LogP contribution < -0.4 is 20.9 Å². The van der Waals surface area contributed by atoms with Crippen LogP contribution in [0.2, 0.25) is 0 Å². The second kappa shape index (κ2) is 7.84. The van der Waals surface area contributed by atoms with Gasteiger partial charge in [0.05, 0.1) is 12.1 Å². The summed E-state index contributed by atoms with van der Waals surface area (Å²) in [6.07, 6.45) is 2.26. The van der Waals surface area contributed by atoms with Crippen molar-refractivity contribution in [2.45, 2.75) is 44.4 Å². The normalized spacial score (nSPS) is 24.2. The third-order valence-corrected chi connectivity index (χ3v) is 4.76. The Morgan fingerprint density at radius 1 is 1.32 bits per heavy atom. The van der Waals surface area contributed by atoms with Crippen LogP contribution in [0.5, 0.6) is 0 Å². The highest BCUT2D eigenvalue weighted by Gasteiger charge is 2.29. The van der Waals surface area contributed by atoms with Crippen LogP contribution in [0.1, 0.15) is 26.2 Å². The molecule has 1 aromatic rings. The van der Waals surface area contributed by atoms with E-state index in [0.29, 0.717) is 13.0 Å². The number of nitrogens with one attached hydrogen (secondary N) is 3. The maximum atomic E-state index is 12.4. The number of nitrogens with zero attached hydrogens (tertiary/aromatic N) is 1. The average Bonchev–Trinajstić information content (AvgIpc) is 3.26. The topological polar surface area (TPSA) is 93.7 Å². The van der Waals surface area contributed by atoms with Gasteiger partial charge in [-0.15, -0.1) is 0 Å². The van der Waals surface area contributed by atoms with Gasteiger partial charge in [0.1, 0.15) is 6.04 Å². The van der Waals surface area contributed by atoms with E-state index in [9.17, 15) is 14.7 Å². The van der Waals surface area contributed by atoms with E-state index in [1.807, 2.05) is 24.3 Å². The molecule has 1 aromatic carbocycles. The molecule has 136 valence electrons. The molecular weight excluding hydrogens is 320 g/mol. The van der Waals surface area contributed by atoms with Gasteiger partial charge < -0.3 is 26.0 Å². The Morgan fingerprint density at radius 3 is 2.76 bits per heavy atom. The van der Waals surface area contributed by atoms with Crippen molar-refractivity contribution >= 4 is 23.2 Å². The molecule has 25 heavy (non-hydrogen) atoms. The Kier molecular flexibility index (Phi) is 5.55. The molecule has 2 saturated heterocycles. The monoisotopic (exact) mass is 346 g/mol. The highest BCUT2D eigenvalue weighted by Crippen LogP contribution is 2.23. The largest absolute Gasteiger partial charge is 0.392 e. The number of anilines is 2. The van der Waals surface area contributed by atoms with Crippen molar-refractivity contribution < 1.29 is 14.7 Å². The number of amides is 2. The fourth-order valence-corrected chi connectivity index (χ4v) is 3.30. The highest BCUT2D eigenvalue weighted by atomic mass is 16.3. The minimum atomic E-state index is -0.650. The summed E-state index contributed by atoms with van der Waals surface area (Å²) >= 11 is 0. The van der Waals surface area contributed by atoms with Gasteiger partial charge in [-0.25, -0.2) is 0 Å². The lowest BCUT2D eigenvalue weighted by Crippen LogP contribution is -2.48. The van der Waals surface area contributed by atoms with E-state index in [2.05, 4.69) is 20.9 Å². The van der Waals surface area contributed by atoms with Crippen LogP contribution >= 0.6 is 0 Å². The standard InChI is InChI=1S/C18H26N4O3/c1-12(20-18(25)16-10-15(23)11-19-16)17(24)21-13-5-4-6-14(9-13)22-7-2-3-8-22/h4-6,9,12,15-16,19,23H,2-3,7-8,10-11H2,1H3,(H,20,25)(H,21,24). The molecule has 0 aliphatic carbocycles. The molecule has 0 radical (unpaired) electrons. The minimum Gasteiger partial charge on any atom is -0.392 e. The first-order chi connectivity index (χ1) is 12.0. The zero-order valence-electron chi connectivity index (χ0n) is 14.5. The van der Waals surface area contributed by atoms with Crippen molar-refractivity contribution in [1.82, 2.24) is 10.6 Å². The predicted octanol–water partition coefficient (Wildman–Crippen LogP) is 0.453. The summed E-state index contributed by atoms with van der Waals surface area (Å²) < 4.78 is 0. The third kappa shape index (κ3) is 4.49. The van der Waals surface area contributed by atoms with Crippen LogP contribution in [-0.2, 0) is 9.59 Å². The zero-order chi connectivity index (χ0) is 17.8. The van der Waals surface area contributed by atoms with Gasteiger partial charge in [-0.3, -0.25) is 9.59 Å². The van der Waals surface area contributed by atoms with Crippen molar-refractivity contribution in [1.29, 1.82) is 0 Å². The number of rotatable bonds is 5. The van der Waals surface area contributed by atoms with Gasteiger partial charge in [-0.2, -0.15) is 0 Å². The lowest BCUT2D eigenvalue weighted by Gasteiger charge is -2.20. The molecule has 0 saturated carbocycles. The lowest BCUT2D eigenvalue weighted by atomic mass is 10.1. The first-order valence-electron chi connectivity index (χ1n) is 8.90. The number of carbonyl (C=O) groups is 2. The summed E-state index contributed by atoms with van der Waals surface area (Å²) in [5.74, 6) is -0.518. The quantitative estimate of drug-likeness (QED) is 0.621. The Balaban J connectivity index is 1.54. The van der Waals surface area contributed by atoms with Crippen LogP contribution in [-0.4, -0.2) is 54.7 Å².